The van der Waals surface area contributed by atoms with Gasteiger partial charge in [0.15, 0.2) is 0 Å². The number of rotatable bonds is 6. The predicted molar refractivity (Wildman–Crippen MR) is 77.5 cm³/mol. The van der Waals surface area contributed by atoms with Crippen LogP contribution < -0.4 is 5.32 Å². The van der Waals surface area contributed by atoms with Crippen molar-refractivity contribution in [1.82, 2.24) is 5.32 Å². The molecular weight excluding hydrogens is 262 g/mol. The van der Waals surface area contributed by atoms with Gasteiger partial charge in [0.25, 0.3) is 0 Å². The second-order valence-corrected chi connectivity index (χ2v) is 8.60. The predicted octanol–water partition coefficient (Wildman–Crippen LogP) is 2.86. The third-order valence-electron chi connectivity index (χ3n) is 3.01. The number of nitrogens with one attached hydrogen (secondary N) is 1. The van der Waals surface area contributed by atoms with E-state index in [9.17, 15) is 9.90 Å². The highest BCUT2D eigenvalue weighted by Crippen LogP contribution is 2.27. The lowest BCUT2D eigenvalue weighted by atomic mass is 10.0. The van der Waals surface area contributed by atoms with E-state index in [1.54, 1.807) is 0 Å². The number of alkyl carbamates (subject to hydrolysis) is 1. The lowest BCUT2D eigenvalue weighted by molar-refractivity contribution is 0.150. The summed E-state index contributed by atoms with van der Waals surface area (Å²) in [4.78, 5) is 11.2. The summed E-state index contributed by atoms with van der Waals surface area (Å²) in [5.74, 6) is -0.180. The number of methoxy groups -OCH3 is 1. The Morgan fingerprint density at radius 3 is 2.37 bits per heavy atom. The minimum absolute atomic E-state index is 0.0844. The Balaban J connectivity index is 4.46. The van der Waals surface area contributed by atoms with Crippen LogP contribution >= 0.6 is 0 Å². The first-order valence-electron chi connectivity index (χ1n) is 6.28. The van der Waals surface area contributed by atoms with E-state index in [1.165, 1.54) is 7.11 Å². The number of aliphatic hydroxyl groups is 1. The zero-order valence-corrected chi connectivity index (χ0v) is 13.7. The van der Waals surface area contributed by atoms with Crippen LogP contribution in [-0.2, 0) is 9.16 Å². The molecule has 2 atom stereocenters. The van der Waals surface area contributed by atoms with E-state index in [0.29, 0.717) is 6.61 Å². The number of carbonyl (C=O) groups is 1. The minimum Gasteiger partial charge on any atom is -0.511 e. The summed E-state index contributed by atoms with van der Waals surface area (Å²) in [6.45, 7) is 14.3. The van der Waals surface area contributed by atoms with Crippen LogP contribution in [0.4, 0.5) is 4.79 Å². The average molecular weight is 288 g/mol. The van der Waals surface area contributed by atoms with E-state index in [2.05, 4.69) is 44.0 Å². The maximum absolute atomic E-state index is 11.2. The molecule has 0 bridgehead atoms. The first-order valence-corrected chi connectivity index (χ1v) is 8.19. The van der Waals surface area contributed by atoms with Crippen LogP contribution in [0.25, 0.3) is 0 Å². The van der Waals surface area contributed by atoms with E-state index in [-0.39, 0.29) is 16.7 Å². The molecule has 19 heavy (non-hydrogen) atoms. The highest BCUT2D eigenvalue weighted by atomic mass is 28.3. The fourth-order valence-electron chi connectivity index (χ4n) is 1.31. The van der Waals surface area contributed by atoms with Crippen LogP contribution in [0.2, 0.25) is 11.6 Å². The minimum atomic E-state index is -0.947. The molecule has 0 radical (unpaired) electrons. The first-order chi connectivity index (χ1) is 8.59. The number of amides is 1. The molecule has 0 aliphatic heterocycles. The molecule has 0 aliphatic carbocycles. The van der Waals surface area contributed by atoms with Gasteiger partial charge in [-0.15, -0.1) is 0 Å². The SMILES string of the molecule is C=C(O)[C@@H](NC(=O)OC)C(C)CO[Si+](C)C(C)(C)C. The third-order valence-corrected chi connectivity index (χ3v) is 5.72. The topological polar surface area (TPSA) is 67.8 Å². The normalized spacial score (nSPS) is 14.4. The monoisotopic (exact) mass is 288 g/mol. The van der Waals surface area contributed by atoms with Crippen LogP contribution in [0.3, 0.4) is 0 Å². The van der Waals surface area contributed by atoms with Gasteiger partial charge in [-0.25, -0.2) is 9.22 Å². The molecule has 0 saturated heterocycles. The molecule has 0 fully saturated rings. The van der Waals surface area contributed by atoms with Crippen molar-refractivity contribution >= 4 is 15.1 Å². The van der Waals surface area contributed by atoms with Gasteiger partial charge in [0.05, 0.1) is 26.3 Å². The largest absolute Gasteiger partial charge is 0.511 e. The van der Waals surface area contributed by atoms with Crippen molar-refractivity contribution in [2.75, 3.05) is 13.7 Å². The summed E-state index contributed by atoms with van der Waals surface area (Å²) >= 11 is 0. The van der Waals surface area contributed by atoms with E-state index in [1.807, 2.05) is 6.92 Å². The molecule has 0 aliphatic rings. The van der Waals surface area contributed by atoms with Crippen molar-refractivity contribution in [3.05, 3.63) is 12.3 Å². The van der Waals surface area contributed by atoms with Crippen LogP contribution in [0, 0.1) is 5.92 Å². The van der Waals surface area contributed by atoms with Gasteiger partial charge in [0.1, 0.15) is 10.8 Å². The second-order valence-electron chi connectivity index (χ2n) is 5.70. The van der Waals surface area contributed by atoms with Crippen LogP contribution in [0.15, 0.2) is 12.3 Å². The molecule has 0 saturated carbocycles. The van der Waals surface area contributed by atoms with E-state index < -0.39 is 21.2 Å². The Morgan fingerprint density at radius 2 is 2.00 bits per heavy atom. The van der Waals surface area contributed by atoms with Gasteiger partial charge < -0.3 is 15.2 Å². The van der Waals surface area contributed by atoms with Crippen molar-refractivity contribution in [3.63, 3.8) is 0 Å². The fraction of sp³-hybridized carbons (Fsp3) is 0.769. The molecule has 0 heterocycles. The number of hydrogen-bond donors (Lipinski definition) is 2. The molecule has 1 amide bonds. The zero-order valence-electron chi connectivity index (χ0n) is 12.7. The van der Waals surface area contributed by atoms with Gasteiger partial charge in [-0.2, -0.15) is 0 Å². The second kappa shape index (κ2) is 7.55. The molecule has 6 heteroatoms. The molecule has 0 aromatic rings. The van der Waals surface area contributed by atoms with Crippen LogP contribution in [0.5, 0.6) is 0 Å². The fourth-order valence-corrected chi connectivity index (χ4v) is 2.25. The summed E-state index contributed by atoms with van der Waals surface area (Å²) < 4.78 is 10.4. The molecule has 0 aromatic heterocycles. The molecule has 0 rings (SSSR count). The van der Waals surface area contributed by atoms with Gasteiger partial charge in [-0.05, 0) is 20.8 Å². The Kier molecular flexibility index (Phi) is 7.14. The highest BCUT2D eigenvalue weighted by Gasteiger charge is 2.40. The molecule has 110 valence electrons. The zero-order chi connectivity index (χ0) is 15.2. The summed E-state index contributed by atoms with van der Waals surface area (Å²) in [6.07, 6.45) is -0.593. The maximum Gasteiger partial charge on any atom is 0.475 e. The lowest BCUT2D eigenvalue weighted by Gasteiger charge is -2.23. The van der Waals surface area contributed by atoms with Crippen molar-refractivity contribution in [2.45, 2.75) is 45.3 Å². The summed E-state index contributed by atoms with van der Waals surface area (Å²) in [5, 5.41) is 12.2. The molecule has 2 N–H and O–H groups in total. The number of aliphatic hydroxyl groups excluding tert-OH is 1. The first kappa shape index (κ1) is 18.0. The molecule has 0 spiro atoms. The van der Waals surface area contributed by atoms with Gasteiger partial charge in [0, 0.05) is 5.92 Å². The smallest absolute Gasteiger partial charge is 0.475 e. The summed E-state index contributed by atoms with van der Waals surface area (Å²) in [7, 11) is 0.331. The number of ether oxygens (including phenoxy) is 1. The number of carbonyl (C=O) groups excluding carboxylic acids is 1. The quantitative estimate of drug-likeness (QED) is 0.582. The molecule has 0 aromatic carbocycles. The van der Waals surface area contributed by atoms with Crippen molar-refractivity contribution in [1.29, 1.82) is 0 Å². The molecule has 5 nitrogen and oxygen atoms in total. The van der Waals surface area contributed by atoms with E-state index >= 15 is 0 Å². The number of hydrogen-bond acceptors (Lipinski definition) is 4. The van der Waals surface area contributed by atoms with Crippen molar-refractivity contribution in [2.24, 2.45) is 5.92 Å². The maximum atomic E-state index is 11.2. The highest BCUT2D eigenvalue weighted by molar-refractivity contribution is 6.53. The lowest BCUT2D eigenvalue weighted by Crippen LogP contribution is -2.43. The van der Waals surface area contributed by atoms with E-state index in [4.69, 9.17) is 4.43 Å². The van der Waals surface area contributed by atoms with Gasteiger partial charge in [-0.1, -0.05) is 13.5 Å². The van der Waals surface area contributed by atoms with Crippen molar-refractivity contribution < 1.29 is 19.1 Å². The average Bonchev–Trinajstić information content (AvgIpc) is 2.30. The van der Waals surface area contributed by atoms with Crippen LogP contribution in [-0.4, -0.2) is 40.0 Å². The van der Waals surface area contributed by atoms with E-state index in [0.717, 1.165) is 0 Å². The summed E-state index contributed by atoms with van der Waals surface area (Å²) in [5.41, 5.74) is 0. The summed E-state index contributed by atoms with van der Waals surface area (Å²) in [6, 6.07) is -0.567. The molecule has 1 unspecified atom stereocenters. The third kappa shape index (κ3) is 6.63. The standard InChI is InChI=1S/C13H25NO4Si/c1-9(8-18-19(7)13(3,4)5)11(10(2)15)14-12(16)17-6/h9,11H,2,8H2,1,3-7H3,(H-,14,15,16)/p+1/t9?,11-/m0/s1. The Hall–Kier alpha value is -1.01. The van der Waals surface area contributed by atoms with Gasteiger partial charge >= 0.3 is 15.1 Å². The van der Waals surface area contributed by atoms with Gasteiger partial charge in [-0.3, -0.25) is 0 Å². The molecular formula is C13H26NO4Si+. The Morgan fingerprint density at radius 1 is 1.47 bits per heavy atom. The van der Waals surface area contributed by atoms with Crippen molar-refractivity contribution in [3.8, 4) is 0 Å². The van der Waals surface area contributed by atoms with Crippen LogP contribution in [0.1, 0.15) is 27.7 Å². The Bertz CT molecular complexity index is 314. The Labute approximate surface area is 117 Å². The van der Waals surface area contributed by atoms with Gasteiger partial charge in [0.2, 0.25) is 0 Å².